The largest absolute Gasteiger partial charge is 0.445 e. The number of para-hydroxylation sites is 1. The van der Waals surface area contributed by atoms with Crippen molar-refractivity contribution in [3.8, 4) is 0 Å². The summed E-state index contributed by atoms with van der Waals surface area (Å²) >= 11 is 0. The number of nitrogens with one attached hydrogen (secondary N) is 3. The van der Waals surface area contributed by atoms with Gasteiger partial charge in [-0.15, -0.1) is 0 Å². The third kappa shape index (κ3) is 5.90. The summed E-state index contributed by atoms with van der Waals surface area (Å²) in [6, 6.07) is 25.2. The van der Waals surface area contributed by atoms with Gasteiger partial charge in [0.1, 0.15) is 12.1 Å². The van der Waals surface area contributed by atoms with Crippen LogP contribution in [0.4, 0.5) is 4.79 Å². The average Bonchev–Trinajstić information content (AvgIpc) is 3.26. The molecule has 0 aliphatic rings. The molecule has 0 fully saturated rings. The molecule has 2 atom stereocenters. The molecule has 0 spiro atoms. The van der Waals surface area contributed by atoms with Gasteiger partial charge < -0.3 is 20.4 Å². The average molecular weight is 470 g/mol. The Morgan fingerprint density at radius 2 is 1.66 bits per heavy atom. The van der Waals surface area contributed by atoms with Crippen LogP contribution in [0.15, 0.2) is 85.1 Å². The highest BCUT2D eigenvalue weighted by Gasteiger charge is 2.37. The topological polar surface area (TPSA) is 83.2 Å². The van der Waals surface area contributed by atoms with Gasteiger partial charge in [0, 0.05) is 23.5 Å². The summed E-state index contributed by atoms with van der Waals surface area (Å²) in [5, 5.41) is 6.92. The summed E-state index contributed by atoms with van der Waals surface area (Å²) in [6.45, 7) is 5.78. The fourth-order valence-corrected chi connectivity index (χ4v) is 4.12. The number of alkyl carbamates (subject to hydrolysis) is 1. The maximum Gasteiger partial charge on any atom is 0.408 e. The zero-order chi connectivity index (χ0) is 24.8. The van der Waals surface area contributed by atoms with Gasteiger partial charge in [-0.3, -0.25) is 4.79 Å². The maximum absolute atomic E-state index is 13.6. The van der Waals surface area contributed by atoms with Gasteiger partial charge >= 0.3 is 6.09 Å². The number of aryl methyl sites for hydroxylation is 1. The van der Waals surface area contributed by atoms with Crippen LogP contribution in [0.25, 0.3) is 10.9 Å². The molecular weight excluding hydrogens is 438 g/mol. The van der Waals surface area contributed by atoms with Crippen LogP contribution in [0.1, 0.15) is 42.1 Å². The number of amides is 2. The van der Waals surface area contributed by atoms with Crippen molar-refractivity contribution in [2.45, 2.75) is 45.4 Å². The van der Waals surface area contributed by atoms with Gasteiger partial charge in [0.2, 0.25) is 5.91 Å². The minimum atomic E-state index is -1.24. The minimum Gasteiger partial charge on any atom is -0.445 e. The lowest BCUT2D eigenvalue weighted by Crippen LogP contribution is -2.58. The van der Waals surface area contributed by atoms with Gasteiger partial charge in [0.05, 0.1) is 6.04 Å². The number of ether oxygens (including phenoxy) is 1. The number of hydrogen-bond donors (Lipinski definition) is 3. The van der Waals surface area contributed by atoms with E-state index in [2.05, 4.69) is 15.6 Å². The number of carbonyl (C=O) groups is 2. The number of carbonyl (C=O) groups excluding carboxylic acids is 2. The van der Waals surface area contributed by atoms with Crippen molar-refractivity contribution >= 4 is 22.9 Å². The second-order valence-corrected chi connectivity index (χ2v) is 9.16. The third-order valence-electron chi connectivity index (χ3n) is 6.24. The highest BCUT2D eigenvalue weighted by Crippen LogP contribution is 2.24. The molecule has 4 aromatic rings. The summed E-state index contributed by atoms with van der Waals surface area (Å²) in [6.07, 6.45) is 1.54. The van der Waals surface area contributed by atoms with E-state index in [4.69, 9.17) is 4.74 Å². The lowest BCUT2D eigenvalue weighted by Gasteiger charge is -2.31. The monoisotopic (exact) mass is 469 g/mol. The van der Waals surface area contributed by atoms with Crippen LogP contribution in [0.5, 0.6) is 0 Å². The van der Waals surface area contributed by atoms with Gasteiger partial charge in [0.25, 0.3) is 0 Å². The lowest BCUT2D eigenvalue weighted by atomic mass is 9.91. The van der Waals surface area contributed by atoms with Crippen molar-refractivity contribution in [1.82, 2.24) is 15.6 Å². The third-order valence-corrected chi connectivity index (χ3v) is 6.24. The molecule has 6 heteroatoms. The van der Waals surface area contributed by atoms with Gasteiger partial charge in [-0.25, -0.2) is 4.79 Å². The minimum absolute atomic E-state index is 0.122. The Labute approximate surface area is 205 Å². The standard InChI is InChI=1S/C29H31N3O3/c1-20-13-15-22(16-14-20)19-35-28(34)32-29(3,17-24-18-30-26-12-8-7-11-25(24)26)27(33)31-21(2)23-9-5-4-6-10-23/h4-16,18,21,30H,17,19H2,1-3H3,(H,31,33)(H,32,34)/t21-,29-/m1/s1. The first-order chi connectivity index (χ1) is 16.8. The molecule has 0 unspecified atom stereocenters. The first-order valence-corrected chi connectivity index (χ1v) is 11.8. The maximum atomic E-state index is 13.6. The Morgan fingerprint density at radius 3 is 2.40 bits per heavy atom. The van der Waals surface area contributed by atoms with Crippen LogP contribution >= 0.6 is 0 Å². The number of rotatable bonds is 8. The van der Waals surface area contributed by atoms with Gasteiger partial charge in [0.15, 0.2) is 0 Å². The number of fused-ring (bicyclic) bond motifs is 1. The van der Waals surface area contributed by atoms with E-state index in [1.54, 1.807) is 6.92 Å². The summed E-state index contributed by atoms with van der Waals surface area (Å²) in [4.78, 5) is 29.6. The van der Waals surface area contributed by atoms with E-state index in [0.717, 1.165) is 33.2 Å². The van der Waals surface area contributed by atoms with Crippen molar-refractivity contribution in [1.29, 1.82) is 0 Å². The number of aromatic amines is 1. The molecule has 0 bridgehead atoms. The van der Waals surface area contributed by atoms with Crippen molar-refractivity contribution in [3.05, 3.63) is 107 Å². The lowest BCUT2D eigenvalue weighted by molar-refractivity contribution is -0.127. The number of hydrogen-bond acceptors (Lipinski definition) is 3. The van der Waals surface area contributed by atoms with Gasteiger partial charge in [-0.2, -0.15) is 0 Å². The SMILES string of the molecule is Cc1ccc(COC(=O)N[C@](C)(Cc2c[nH]c3ccccc23)C(=O)N[C@H](C)c2ccccc2)cc1. The highest BCUT2D eigenvalue weighted by molar-refractivity contribution is 5.91. The molecule has 4 rings (SSSR count). The van der Waals surface area contributed by atoms with E-state index >= 15 is 0 Å². The fraction of sp³-hybridized carbons (Fsp3) is 0.241. The first-order valence-electron chi connectivity index (χ1n) is 11.8. The van der Waals surface area contributed by atoms with E-state index in [9.17, 15) is 9.59 Å². The molecule has 0 aliphatic carbocycles. The molecule has 1 heterocycles. The van der Waals surface area contributed by atoms with E-state index in [-0.39, 0.29) is 18.6 Å². The Morgan fingerprint density at radius 1 is 0.971 bits per heavy atom. The smallest absolute Gasteiger partial charge is 0.408 e. The van der Waals surface area contributed by atoms with Crippen molar-refractivity contribution in [2.75, 3.05) is 0 Å². The highest BCUT2D eigenvalue weighted by atomic mass is 16.5. The molecule has 0 saturated carbocycles. The zero-order valence-electron chi connectivity index (χ0n) is 20.3. The molecule has 0 saturated heterocycles. The van der Waals surface area contributed by atoms with E-state index in [1.165, 1.54) is 0 Å². The van der Waals surface area contributed by atoms with E-state index in [0.29, 0.717) is 6.42 Å². The van der Waals surface area contributed by atoms with E-state index < -0.39 is 11.6 Å². The molecule has 3 aromatic carbocycles. The number of benzene rings is 3. The Balaban J connectivity index is 1.53. The van der Waals surface area contributed by atoms with Gasteiger partial charge in [-0.1, -0.05) is 78.4 Å². The second kappa shape index (κ2) is 10.5. The summed E-state index contributed by atoms with van der Waals surface area (Å²) in [7, 11) is 0. The van der Waals surface area contributed by atoms with Crippen LogP contribution in [0, 0.1) is 6.92 Å². The number of aromatic nitrogens is 1. The Hall–Kier alpha value is -4.06. The predicted molar refractivity (Wildman–Crippen MR) is 138 cm³/mol. The van der Waals surface area contributed by atoms with Crippen LogP contribution < -0.4 is 10.6 Å². The first kappa shape index (κ1) is 24.1. The molecule has 6 nitrogen and oxygen atoms in total. The normalized spacial score (nSPS) is 13.6. The van der Waals surface area contributed by atoms with Crippen LogP contribution in [0.3, 0.4) is 0 Å². The summed E-state index contributed by atoms with van der Waals surface area (Å²) < 4.78 is 5.47. The molecule has 3 N–H and O–H groups in total. The van der Waals surface area contributed by atoms with Crippen molar-refractivity contribution in [2.24, 2.45) is 0 Å². The van der Waals surface area contributed by atoms with Crippen molar-refractivity contribution in [3.63, 3.8) is 0 Å². The molecule has 35 heavy (non-hydrogen) atoms. The molecular formula is C29H31N3O3. The zero-order valence-corrected chi connectivity index (χ0v) is 20.3. The van der Waals surface area contributed by atoms with Crippen LogP contribution in [-0.2, 0) is 22.6 Å². The molecule has 180 valence electrons. The Kier molecular flexibility index (Phi) is 7.20. The Bertz CT molecular complexity index is 1300. The quantitative estimate of drug-likeness (QED) is 0.315. The second-order valence-electron chi connectivity index (χ2n) is 9.16. The van der Waals surface area contributed by atoms with Gasteiger partial charge in [-0.05, 0) is 43.5 Å². The summed E-state index contributed by atoms with van der Waals surface area (Å²) in [5.74, 6) is -0.286. The predicted octanol–water partition coefficient (Wildman–Crippen LogP) is 5.58. The molecule has 0 aliphatic heterocycles. The molecule has 2 amide bonds. The molecule has 1 aromatic heterocycles. The molecule has 0 radical (unpaired) electrons. The van der Waals surface area contributed by atoms with Crippen molar-refractivity contribution < 1.29 is 14.3 Å². The van der Waals surface area contributed by atoms with E-state index in [1.807, 2.05) is 98.9 Å². The fourth-order valence-electron chi connectivity index (χ4n) is 4.12. The summed E-state index contributed by atoms with van der Waals surface area (Å²) in [5.41, 5.74) is 3.67. The van der Waals surface area contributed by atoms with Crippen LogP contribution in [-0.4, -0.2) is 22.5 Å². The number of H-pyrrole nitrogens is 1. The van der Waals surface area contributed by atoms with Crippen LogP contribution in [0.2, 0.25) is 0 Å².